The molecular weight excluding hydrogens is 376 g/mol. The van der Waals surface area contributed by atoms with Gasteiger partial charge in [-0.15, -0.1) is 0 Å². The van der Waals surface area contributed by atoms with Gasteiger partial charge in [-0.1, -0.05) is 30.3 Å². The van der Waals surface area contributed by atoms with Gasteiger partial charge >= 0.3 is 0 Å². The molecule has 0 radical (unpaired) electrons. The highest BCUT2D eigenvalue weighted by molar-refractivity contribution is 6.07. The summed E-state index contributed by atoms with van der Waals surface area (Å²) in [6, 6.07) is 11.8. The van der Waals surface area contributed by atoms with Crippen LogP contribution >= 0.6 is 0 Å². The molecule has 148 valence electrons. The third kappa shape index (κ3) is 4.46. The second-order valence-electron chi connectivity index (χ2n) is 5.83. The van der Waals surface area contributed by atoms with E-state index in [1.807, 2.05) is 30.3 Å². The fourth-order valence-corrected chi connectivity index (χ4v) is 2.64. The molecule has 0 bridgehead atoms. The van der Waals surface area contributed by atoms with Crippen LogP contribution < -0.4 is 14.8 Å². The number of nitro groups is 1. The second kappa shape index (κ2) is 8.79. The lowest BCUT2D eigenvalue weighted by molar-refractivity contribution is -0.385. The van der Waals surface area contributed by atoms with E-state index in [0.717, 1.165) is 5.56 Å². The molecule has 9 heteroatoms. The fourth-order valence-electron chi connectivity index (χ4n) is 2.64. The summed E-state index contributed by atoms with van der Waals surface area (Å²) in [6.07, 6.45) is 2.87. The summed E-state index contributed by atoms with van der Waals surface area (Å²) in [4.78, 5) is 31.9. The normalized spacial score (nSPS) is 10.3. The monoisotopic (exact) mass is 394 g/mol. The summed E-state index contributed by atoms with van der Waals surface area (Å²) in [5.41, 5.74) is 0.574. The number of nitro benzene ring substituents is 1. The molecule has 2 aromatic carbocycles. The Bertz CT molecular complexity index is 1020. The number of benzene rings is 2. The molecular formula is C20H18N4O5. The summed E-state index contributed by atoms with van der Waals surface area (Å²) >= 11 is 0. The summed E-state index contributed by atoms with van der Waals surface area (Å²) in [7, 11) is 1.39. The predicted octanol–water partition coefficient (Wildman–Crippen LogP) is 3.71. The first kappa shape index (κ1) is 19.7. The van der Waals surface area contributed by atoms with E-state index in [9.17, 15) is 14.9 Å². The van der Waals surface area contributed by atoms with Gasteiger partial charge < -0.3 is 14.8 Å². The zero-order valence-electron chi connectivity index (χ0n) is 15.8. The molecule has 1 amide bonds. The number of ether oxygens (including phenoxy) is 2. The maximum Gasteiger partial charge on any atom is 0.286 e. The number of nitrogens with one attached hydrogen (secondary N) is 1. The van der Waals surface area contributed by atoms with E-state index >= 15 is 0 Å². The number of carbonyl (C=O) groups excluding carboxylic acids is 1. The predicted molar refractivity (Wildman–Crippen MR) is 106 cm³/mol. The standard InChI is InChI=1S/C20H18N4O5/c1-3-29-18-10-16(24(26)27)15(9-17(18)28-2)20(25)23-14-11-21-19(22-12-14)13-7-5-4-6-8-13/h4-12H,3H2,1-2H3,(H,23,25). The molecule has 0 unspecified atom stereocenters. The molecule has 0 spiro atoms. The lowest BCUT2D eigenvalue weighted by Gasteiger charge is -2.12. The van der Waals surface area contributed by atoms with Crippen molar-refractivity contribution in [2.45, 2.75) is 6.92 Å². The molecule has 0 aliphatic heterocycles. The number of hydrogen-bond acceptors (Lipinski definition) is 7. The Labute approximate surface area is 166 Å². The fraction of sp³-hybridized carbons (Fsp3) is 0.150. The van der Waals surface area contributed by atoms with Crippen molar-refractivity contribution in [1.82, 2.24) is 9.97 Å². The molecule has 0 saturated heterocycles. The van der Waals surface area contributed by atoms with Crippen molar-refractivity contribution in [2.75, 3.05) is 19.0 Å². The van der Waals surface area contributed by atoms with Crippen molar-refractivity contribution >= 4 is 17.3 Å². The van der Waals surface area contributed by atoms with Gasteiger partial charge in [0.15, 0.2) is 17.3 Å². The Morgan fingerprint density at radius 3 is 2.41 bits per heavy atom. The highest BCUT2D eigenvalue weighted by Crippen LogP contribution is 2.35. The van der Waals surface area contributed by atoms with Crippen LogP contribution in [0.5, 0.6) is 11.5 Å². The van der Waals surface area contributed by atoms with Crippen LogP contribution in [0.15, 0.2) is 54.9 Å². The molecule has 1 aromatic heterocycles. The van der Waals surface area contributed by atoms with Crippen molar-refractivity contribution < 1.29 is 19.2 Å². The number of carbonyl (C=O) groups is 1. The maximum absolute atomic E-state index is 12.7. The van der Waals surface area contributed by atoms with Gasteiger partial charge in [0.2, 0.25) is 0 Å². The van der Waals surface area contributed by atoms with Crippen LogP contribution in [0.25, 0.3) is 11.4 Å². The number of anilines is 1. The van der Waals surface area contributed by atoms with Crippen LogP contribution in [0.2, 0.25) is 0 Å². The first-order valence-electron chi connectivity index (χ1n) is 8.71. The van der Waals surface area contributed by atoms with Gasteiger partial charge in [0.1, 0.15) is 5.56 Å². The van der Waals surface area contributed by atoms with E-state index in [1.54, 1.807) is 6.92 Å². The molecule has 0 fully saturated rings. The number of nitrogens with zero attached hydrogens (tertiary/aromatic N) is 3. The van der Waals surface area contributed by atoms with E-state index in [-0.39, 0.29) is 17.1 Å². The van der Waals surface area contributed by atoms with E-state index in [2.05, 4.69) is 15.3 Å². The van der Waals surface area contributed by atoms with Crippen LogP contribution in [-0.4, -0.2) is 34.5 Å². The first-order chi connectivity index (χ1) is 14.0. The minimum atomic E-state index is -0.686. The largest absolute Gasteiger partial charge is 0.493 e. The van der Waals surface area contributed by atoms with Gasteiger partial charge in [-0.05, 0) is 6.92 Å². The average Bonchev–Trinajstić information content (AvgIpc) is 2.74. The average molecular weight is 394 g/mol. The van der Waals surface area contributed by atoms with Crippen molar-refractivity contribution in [1.29, 1.82) is 0 Å². The Morgan fingerprint density at radius 1 is 1.14 bits per heavy atom. The van der Waals surface area contributed by atoms with Gasteiger partial charge in [0, 0.05) is 11.6 Å². The summed E-state index contributed by atoms with van der Waals surface area (Å²) in [5, 5.41) is 14.0. The highest BCUT2D eigenvalue weighted by atomic mass is 16.6. The van der Waals surface area contributed by atoms with Crippen LogP contribution in [0.3, 0.4) is 0 Å². The third-order valence-electron chi connectivity index (χ3n) is 3.96. The zero-order chi connectivity index (χ0) is 20.8. The SMILES string of the molecule is CCOc1cc([N+](=O)[O-])c(C(=O)Nc2cnc(-c3ccccc3)nc2)cc1OC. The summed E-state index contributed by atoms with van der Waals surface area (Å²) < 4.78 is 10.5. The molecule has 3 rings (SSSR count). The van der Waals surface area contributed by atoms with Crippen molar-refractivity contribution in [3.63, 3.8) is 0 Å². The topological polar surface area (TPSA) is 116 Å². The van der Waals surface area contributed by atoms with Gasteiger partial charge in [0.25, 0.3) is 11.6 Å². The molecule has 0 saturated carbocycles. The number of amides is 1. The highest BCUT2D eigenvalue weighted by Gasteiger charge is 2.25. The van der Waals surface area contributed by atoms with Crippen molar-refractivity contribution in [3.05, 3.63) is 70.5 Å². The Hall–Kier alpha value is -4.01. The lowest BCUT2D eigenvalue weighted by atomic mass is 10.1. The number of rotatable bonds is 7. The molecule has 0 aliphatic carbocycles. The van der Waals surface area contributed by atoms with Crippen LogP contribution in [0, 0.1) is 10.1 Å². The van der Waals surface area contributed by atoms with Crippen LogP contribution in [-0.2, 0) is 0 Å². The van der Waals surface area contributed by atoms with Gasteiger partial charge in [-0.2, -0.15) is 0 Å². The first-order valence-corrected chi connectivity index (χ1v) is 8.71. The van der Waals surface area contributed by atoms with E-state index in [1.165, 1.54) is 31.6 Å². The molecule has 0 aliphatic rings. The maximum atomic E-state index is 12.7. The summed E-state index contributed by atoms with van der Waals surface area (Å²) in [6.45, 7) is 2.04. The molecule has 3 aromatic rings. The van der Waals surface area contributed by atoms with Gasteiger partial charge in [-0.25, -0.2) is 9.97 Å². The summed E-state index contributed by atoms with van der Waals surface area (Å²) in [5.74, 6) is 0.221. The number of hydrogen-bond donors (Lipinski definition) is 1. The molecule has 1 N–H and O–H groups in total. The minimum absolute atomic E-state index is 0.164. The lowest BCUT2D eigenvalue weighted by Crippen LogP contribution is -2.15. The molecule has 9 nitrogen and oxygen atoms in total. The van der Waals surface area contributed by atoms with E-state index in [4.69, 9.17) is 9.47 Å². The third-order valence-corrected chi connectivity index (χ3v) is 3.96. The molecule has 29 heavy (non-hydrogen) atoms. The Kier molecular flexibility index (Phi) is 5.98. The van der Waals surface area contributed by atoms with E-state index in [0.29, 0.717) is 18.1 Å². The van der Waals surface area contributed by atoms with Gasteiger partial charge in [-0.3, -0.25) is 14.9 Å². The van der Waals surface area contributed by atoms with Crippen LogP contribution in [0.4, 0.5) is 11.4 Å². The van der Waals surface area contributed by atoms with E-state index < -0.39 is 16.5 Å². The number of aromatic nitrogens is 2. The Morgan fingerprint density at radius 2 is 1.83 bits per heavy atom. The Balaban J connectivity index is 1.87. The molecule has 0 atom stereocenters. The minimum Gasteiger partial charge on any atom is -0.493 e. The van der Waals surface area contributed by atoms with Gasteiger partial charge in [0.05, 0.1) is 42.8 Å². The zero-order valence-corrected chi connectivity index (χ0v) is 15.8. The van der Waals surface area contributed by atoms with Crippen molar-refractivity contribution in [3.8, 4) is 22.9 Å². The van der Waals surface area contributed by atoms with Crippen molar-refractivity contribution in [2.24, 2.45) is 0 Å². The second-order valence-corrected chi connectivity index (χ2v) is 5.83. The van der Waals surface area contributed by atoms with Crippen LogP contribution in [0.1, 0.15) is 17.3 Å². The molecule has 1 heterocycles. The smallest absolute Gasteiger partial charge is 0.286 e. The quantitative estimate of drug-likeness (QED) is 0.479. The number of methoxy groups -OCH3 is 1.